The minimum Gasteiger partial charge on any atom is -0.342 e. The van der Waals surface area contributed by atoms with Gasteiger partial charge >= 0.3 is 0 Å². The fourth-order valence-corrected chi connectivity index (χ4v) is 3.20. The molecule has 0 bridgehead atoms. The van der Waals surface area contributed by atoms with E-state index in [0.717, 1.165) is 25.4 Å². The zero-order valence-corrected chi connectivity index (χ0v) is 13.5. The lowest BCUT2D eigenvalue weighted by Crippen LogP contribution is -2.39. The molecule has 2 unspecified atom stereocenters. The summed E-state index contributed by atoms with van der Waals surface area (Å²) in [5, 5.41) is 0. The number of carbonyl (C=O) groups excluding carboxylic acids is 1. The van der Waals surface area contributed by atoms with Gasteiger partial charge in [0.2, 0.25) is 5.91 Å². The van der Waals surface area contributed by atoms with E-state index in [-0.39, 0.29) is 7.34 Å². The highest BCUT2D eigenvalue weighted by atomic mass is 16.2. The Hall–Kier alpha value is -1.35. The summed E-state index contributed by atoms with van der Waals surface area (Å²) in [4.78, 5) is 14.6. The molecule has 0 radical (unpaired) electrons. The Morgan fingerprint density at radius 2 is 1.95 bits per heavy atom. The molecule has 2 fully saturated rings. The van der Waals surface area contributed by atoms with Crippen LogP contribution in [0.3, 0.4) is 0 Å². The van der Waals surface area contributed by atoms with Crippen LogP contribution in [0, 0.1) is 18.8 Å². The van der Waals surface area contributed by atoms with Crippen LogP contribution in [-0.4, -0.2) is 30.9 Å². The van der Waals surface area contributed by atoms with E-state index in [1.54, 1.807) is 0 Å². The van der Waals surface area contributed by atoms with Gasteiger partial charge in [-0.25, -0.2) is 0 Å². The summed E-state index contributed by atoms with van der Waals surface area (Å²) in [6.45, 7) is 6.34. The third kappa shape index (κ3) is 3.85. The monoisotopic (exact) mass is 290 g/mol. The second-order valence-corrected chi connectivity index (χ2v) is 6.37. The number of hydrogen-bond donors (Lipinski definition) is 1. The third-order valence-electron chi connectivity index (χ3n) is 4.67. The van der Waals surface area contributed by atoms with Gasteiger partial charge in [-0.3, -0.25) is 4.79 Å². The van der Waals surface area contributed by atoms with Crippen LogP contribution in [0.2, 0.25) is 0 Å². The summed E-state index contributed by atoms with van der Waals surface area (Å²) in [7, 11) is 1.50. The van der Waals surface area contributed by atoms with Crippen LogP contribution in [0.25, 0.3) is 0 Å². The van der Waals surface area contributed by atoms with Crippen LogP contribution in [0.15, 0.2) is 24.3 Å². The molecule has 1 aromatic rings. The van der Waals surface area contributed by atoms with Crippen LogP contribution < -0.4 is 5.73 Å². The highest BCUT2D eigenvalue weighted by Gasteiger charge is 2.45. The largest absolute Gasteiger partial charge is 0.342 e. The Morgan fingerprint density at radius 3 is 2.57 bits per heavy atom. The second kappa shape index (κ2) is 7.08. The third-order valence-corrected chi connectivity index (χ3v) is 4.67. The molecule has 118 valence electrons. The number of amides is 1. The maximum absolute atomic E-state index is 12.5. The van der Waals surface area contributed by atoms with E-state index in [0.29, 0.717) is 11.8 Å². The zero-order valence-electron chi connectivity index (χ0n) is 13.5. The van der Waals surface area contributed by atoms with Gasteiger partial charge < -0.3 is 10.6 Å². The van der Waals surface area contributed by atoms with Crippen LogP contribution in [0.4, 0.5) is 0 Å². The molecule has 1 saturated heterocycles. The van der Waals surface area contributed by atoms with Crippen molar-refractivity contribution in [1.82, 2.24) is 4.90 Å². The molecule has 1 aliphatic heterocycles. The van der Waals surface area contributed by atoms with Crippen molar-refractivity contribution in [2.75, 3.05) is 20.1 Å². The summed E-state index contributed by atoms with van der Waals surface area (Å²) in [5.41, 5.74) is 7.14. The molecule has 1 saturated carbocycles. The number of aryl methyl sites for hydroxylation is 1. The Bertz CT molecular complexity index is 484. The number of nitrogens with zero attached hydrogens (tertiary/aromatic N) is 1. The van der Waals surface area contributed by atoms with Crippen LogP contribution in [0.1, 0.15) is 44.7 Å². The minimum absolute atomic E-state index is 0. The van der Waals surface area contributed by atoms with Crippen molar-refractivity contribution in [3.63, 3.8) is 0 Å². The van der Waals surface area contributed by atoms with E-state index in [2.05, 4.69) is 48.7 Å². The van der Waals surface area contributed by atoms with Crippen molar-refractivity contribution in [2.45, 2.75) is 39.0 Å². The Balaban J connectivity index is 0.000000775. The molecule has 3 rings (SSSR count). The predicted molar refractivity (Wildman–Crippen MR) is 89.2 cm³/mol. The molecule has 2 aliphatic rings. The van der Waals surface area contributed by atoms with E-state index in [1.807, 2.05) is 0 Å². The van der Waals surface area contributed by atoms with E-state index in [9.17, 15) is 4.79 Å². The van der Waals surface area contributed by atoms with Crippen molar-refractivity contribution in [2.24, 2.45) is 17.6 Å². The molecular weight excluding hydrogens is 260 g/mol. The van der Waals surface area contributed by atoms with Crippen molar-refractivity contribution >= 4 is 5.91 Å². The quantitative estimate of drug-likeness (QED) is 0.909. The van der Waals surface area contributed by atoms with Gasteiger partial charge in [-0.2, -0.15) is 0 Å². The summed E-state index contributed by atoms with van der Waals surface area (Å²) in [5.74, 6) is 1.93. The zero-order chi connectivity index (χ0) is 15.4. The molecule has 3 heteroatoms. The fraction of sp³-hybridized carbons (Fsp3) is 0.611. The number of carbonyl (C=O) groups is 1. The first-order valence-electron chi connectivity index (χ1n) is 8.08. The summed E-state index contributed by atoms with van der Waals surface area (Å²) in [6.07, 6.45) is 3.40. The minimum atomic E-state index is 0. The van der Waals surface area contributed by atoms with Gasteiger partial charge in [0.25, 0.3) is 0 Å². The van der Waals surface area contributed by atoms with Gasteiger partial charge in [0, 0.05) is 20.4 Å². The van der Waals surface area contributed by atoms with Gasteiger partial charge in [0.15, 0.2) is 0 Å². The number of likely N-dealkylation sites (tertiary alicyclic amines) is 1. The predicted octanol–water partition coefficient (Wildman–Crippen LogP) is 3.18. The first-order chi connectivity index (χ1) is 10.1. The van der Waals surface area contributed by atoms with Crippen LogP contribution >= 0.6 is 0 Å². The van der Waals surface area contributed by atoms with Gasteiger partial charge in [-0.15, -0.1) is 0 Å². The molecule has 0 aromatic heterocycles. The first-order valence-corrected chi connectivity index (χ1v) is 8.08. The number of benzene rings is 1. The van der Waals surface area contributed by atoms with Crippen molar-refractivity contribution < 1.29 is 6.22 Å². The highest BCUT2D eigenvalue weighted by Crippen LogP contribution is 2.48. The smallest absolute Gasteiger partial charge is 0.226 e. The number of hydrogen-bond acceptors (Lipinski definition) is 2. The summed E-state index contributed by atoms with van der Waals surface area (Å²) < 4.78 is 0. The number of nitrogens with two attached hydrogens (primary N) is 1. The normalized spacial score (nSPS) is 25.0. The molecule has 2 atom stereocenters. The highest BCUT2D eigenvalue weighted by molar-refractivity contribution is 5.83. The Kier molecular flexibility index (Phi) is 5.40. The van der Waals surface area contributed by atoms with E-state index in [4.69, 9.17) is 0 Å². The molecule has 21 heavy (non-hydrogen) atoms. The molecule has 0 spiro atoms. The van der Waals surface area contributed by atoms with E-state index >= 15 is 0 Å². The van der Waals surface area contributed by atoms with Crippen molar-refractivity contribution in [3.8, 4) is 0 Å². The van der Waals surface area contributed by atoms with E-state index in [1.165, 1.54) is 31.0 Å². The van der Waals surface area contributed by atoms with Gasteiger partial charge in [-0.1, -0.05) is 36.8 Å². The fourth-order valence-electron chi connectivity index (χ4n) is 3.20. The van der Waals surface area contributed by atoms with Gasteiger partial charge in [0.05, 0.1) is 0 Å². The standard InChI is InChI=1S/C17H23NO.CH5N.H2/c1-12-6-8-18(9-7-12)17(19)16-11-15(16)14-5-3-4-13(2)10-14;1-2;/h3-5,10,12,15-16H,6-9,11H2,1-2H3;2H2,1H3;1H. The Morgan fingerprint density at radius 1 is 1.29 bits per heavy atom. The maximum Gasteiger partial charge on any atom is 0.226 e. The molecule has 1 aromatic carbocycles. The van der Waals surface area contributed by atoms with Gasteiger partial charge in [-0.05, 0) is 50.6 Å². The number of piperidine rings is 1. The molecule has 2 N–H and O–H groups in total. The average molecular weight is 290 g/mol. The summed E-state index contributed by atoms with van der Waals surface area (Å²) >= 11 is 0. The average Bonchev–Trinajstić information content (AvgIpc) is 3.30. The lowest BCUT2D eigenvalue weighted by atomic mass is 9.98. The van der Waals surface area contributed by atoms with E-state index < -0.39 is 0 Å². The lowest BCUT2D eigenvalue weighted by Gasteiger charge is -2.30. The van der Waals surface area contributed by atoms with Crippen LogP contribution in [0.5, 0.6) is 0 Å². The Labute approximate surface area is 130 Å². The summed E-state index contributed by atoms with van der Waals surface area (Å²) in [6, 6.07) is 8.63. The van der Waals surface area contributed by atoms with Gasteiger partial charge in [0.1, 0.15) is 0 Å². The first kappa shape index (κ1) is 16.0. The maximum atomic E-state index is 12.5. The molecule has 1 amide bonds. The molecular formula is C18H30N2O. The SMILES string of the molecule is CN.Cc1cccc(C2CC2C(=O)N2CCC(C)CC2)c1.[HH]. The molecule has 1 aliphatic carbocycles. The molecule has 1 heterocycles. The number of rotatable bonds is 2. The van der Waals surface area contributed by atoms with Crippen LogP contribution in [-0.2, 0) is 4.79 Å². The van der Waals surface area contributed by atoms with Crippen molar-refractivity contribution in [3.05, 3.63) is 35.4 Å². The lowest BCUT2D eigenvalue weighted by molar-refractivity contribution is -0.134. The molecule has 3 nitrogen and oxygen atoms in total. The van der Waals surface area contributed by atoms with Crippen molar-refractivity contribution in [1.29, 1.82) is 0 Å². The topological polar surface area (TPSA) is 46.3 Å². The second-order valence-electron chi connectivity index (χ2n) is 6.37.